The van der Waals surface area contributed by atoms with Crippen LogP contribution in [0.1, 0.15) is 20.7 Å². The number of carboxylic acids is 2. The Hall–Kier alpha value is -4.08. The maximum atomic E-state index is 11.8. The lowest BCUT2D eigenvalue weighted by Gasteiger charge is -2.03. The number of rotatable bonds is 6. The van der Waals surface area contributed by atoms with Crippen LogP contribution < -0.4 is 0 Å². The molecule has 10 nitrogen and oxygen atoms in total. The Morgan fingerprint density at radius 2 is 1.08 bits per heavy atom. The molecule has 26 heavy (non-hydrogen) atoms. The standard InChI is InChI=1S/C16H10O10/c17-11(18)4-6-13(21)25-15(23)9-2-1-3-10(8-9)16(24)26-14(22)7-5-12(19)20/h1-8H,(H,17,18)(H,19,20). The Morgan fingerprint density at radius 1 is 0.692 bits per heavy atom. The molecule has 0 heterocycles. The van der Waals surface area contributed by atoms with Crippen molar-refractivity contribution in [3.05, 3.63) is 59.7 Å². The maximum Gasteiger partial charge on any atom is 0.346 e. The van der Waals surface area contributed by atoms with Gasteiger partial charge in [-0.2, -0.15) is 0 Å². The van der Waals surface area contributed by atoms with Gasteiger partial charge in [-0.25, -0.2) is 28.8 Å². The minimum absolute atomic E-state index is 0.245. The second-order valence-corrected chi connectivity index (χ2v) is 4.34. The van der Waals surface area contributed by atoms with E-state index in [0.29, 0.717) is 24.3 Å². The van der Waals surface area contributed by atoms with Crippen LogP contribution in [-0.2, 0) is 28.7 Å². The van der Waals surface area contributed by atoms with Crippen LogP contribution in [0.15, 0.2) is 48.6 Å². The zero-order valence-corrected chi connectivity index (χ0v) is 12.8. The Bertz CT molecular complexity index is 766. The topological polar surface area (TPSA) is 161 Å². The average Bonchev–Trinajstić information content (AvgIpc) is 2.58. The number of hydrogen-bond donors (Lipinski definition) is 2. The third kappa shape index (κ3) is 7.00. The molecule has 0 fully saturated rings. The van der Waals surface area contributed by atoms with Crippen molar-refractivity contribution in [2.45, 2.75) is 0 Å². The fourth-order valence-electron chi connectivity index (χ4n) is 1.42. The SMILES string of the molecule is O=C(O)C=CC(=O)OC(=O)c1cccc(C(=O)OC(=O)C=CC(=O)O)c1. The molecule has 134 valence electrons. The number of ether oxygens (including phenoxy) is 2. The minimum atomic E-state index is -1.42. The average molecular weight is 362 g/mol. The van der Waals surface area contributed by atoms with E-state index in [1.165, 1.54) is 18.2 Å². The number of carbonyl (C=O) groups excluding carboxylic acids is 4. The van der Waals surface area contributed by atoms with Gasteiger partial charge in [-0.15, -0.1) is 0 Å². The molecule has 0 radical (unpaired) electrons. The number of aliphatic carboxylic acids is 2. The quantitative estimate of drug-likeness (QED) is 0.410. The molecule has 0 aliphatic rings. The van der Waals surface area contributed by atoms with Crippen LogP contribution in [-0.4, -0.2) is 46.0 Å². The molecule has 1 aromatic carbocycles. The normalized spacial score (nSPS) is 10.5. The Morgan fingerprint density at radius 3 is 1.42 bits per heavy atom. The molecule has 0 atom stereocenters. The molecule has 0 aliphatic carbocycles. The molecule has 0 aliphatic heterocycles. The van der Waals surface area contributed by atoms with E-state index >= 15 is 0 Å². The van der Waals surface area contributed by atoms with E-state index in [4.69, 9.17) is 10.2 Å². The number of carbonyl (C=O) groups is 6. The fraction of sp³-hybridized carbons (Fsp3) is 0. The van der Waals surface area contributed by atoms with Gasteiger partial charge in [0.25, 0.3) is 0 Å². The first kappa shape index (κ1) is 20.0. The van der Waals surface area contributed by atoms with Crippen LogP contribution >= 0.6 is 0 Å². The van der Waals surface area contributed by atoms with Crippen molar-refractivity contribution in [1.29, 1.82) is 0 Å². The fourth-order valence-corrected chi connectivity index (χ4v) is 1.42. The highest BCUT2D eigenvalue weighted by molar-refractivity contribution is 6.04. The zero-order valence-electron chi connectivity index (χ0n) is 12.8. The molecule has 2 N–H and O–H groups in total. The number of esters is 4. The predicted molar refractivity (Wildman–Crippen MR) is 80.8 cm³/mol. The summed E-state index contributed by atoms with van der Waals surface area (Å²) in [5.74, 6) is -7.64. The lowest BCUT2D eigenvalue weighted by Crippen LogP contribution is -2.14. The van der Waals surface area contributed by atoms with Gasteiger partial charge in [0, 0.05) is 24.3 Å². The van der Waals surface area contributed by atoms with Crippen molar-refractivity contribution in [3.63, 3.8) is 0 Å². The first-order valence-electron chi connectivity index (χ1n) is 6.63. The van der Waals surface area contributed by atoms with E-state index in [2.05, 4.69) is 9.47 Å². The zero-order chi connectivity index (χ0) is 19.7. The van der Waals surface area contributed by atoms with E-state index in [1.807, 2.05) is 0 Å². The van der Waals surface area contributed by atoms with Gasteiger partial charge in [-0.05, 0) is 18.2 Å². The number of hydrogen-bond acceptors (Lipinski definition) is 8. The Kier molecular flexibility index (Phi) is 7.12. The third-order valence-electron chi connectivity index (χ3n) is 2.44. The van der Waals surface area contributed by atoms with Gasteiger partial charge in [0.1, 0.15) is 0 Å². The van der Waals surface area contributed by atoms with Gasteiger partial charge >= 0.3 is 35.8 Å². The van der Waals surface area contributed by atoms with Crippen molar-refractivity contribution >= 4 is 35.8 Å². The van der Waals surface area contributed by atoms with E-state index < -0.39 is 35.8 Å². The van der Waals surface area contributed by atoms with Crippen molar-refractivity contribution in [2.24, 2.45) is 0 Å². The van der Waals surface area contributed by atoms with E-state index in [9.17, 15) is 28.8 Å². The molecular formula is C16H10O10. The summed E-state index contributed by atoms with van der Waals surface area (Å²) >= 11 is 0. The minimum Gasteiger partial charge on any atom is -0.478 e. The molecule has 0 aromatic heterocycles. The molecule has 10 heteroatoms. The Labute approximate surface area is 144 Å². The first-order chi connectivity index (χ1) is 12.2. The summed E-state index contributed by atoms with van der Waals surface area (Å²) in [5.41, 5.74) is -0.491. The molecule has 0 unspecified atom stereocenters. The highest BCUT2D eigenvalue weighted by atomic mass is 16.6. The van der Waals surface area contributed by atoms with Gasteiger partial charge in [0.2, 0.25) is 0 Å². The summed E-state index contributed by atoms with van der Waals surface area (Å²) in [7, 11) is 0. The van der Waals surface area contributed by atoms with Crippen molar-refractivity contribution in [3.8, 4) is 0 Å². The molecule has 0 saturated carbocycles. The number of carboxylic acid groups (broad SMARTS) is 2. The predicted octanol–water partition coefficient (Wildman–Crippen LogP) is 0.335. The van der Waals surface area contributed by atoms with Crippen LogP contribution in [0.3, 0.4) is 0 Å². The van der Waals surface area contributed by atoms with E-state index in [-0.39, 0.29) is 11.1 Å². The second-order valence-electron chi connectivity index (χ2n) is 4.34. The van der Waals surface area contributed by atoms with Crippen LogP contribution in [0.2, 0.25) is 0 Å². The summed E-state index contributed by atoms with van der Waals surface area (Å²) < 4.78 is 8.69. The van der Waals surface area contributed by atoms with E-state index in [0.717, 1.165) is 6.07 Å². The Balaban J connectivity index is 2.80. The molecule has 1 rings (SSSR count). The van der Waals surface area contributed by atoms with Gasteiger partial charge in [0.05, 0.1) is 11.1 Å². The molecule has 0 bridgehead atoms. The van der Waals surface area contributed by atoms with Gasteiger partial charge in [-0.1, -0.05) is 6.07 Å². The summed E-state index contributed by atoms with van der Waals surface area (Å²) in [5, 5.41) is 16.7. The molecule has 0 amide bonds. The molecule has 0 saturated heterocycles. The van der Waals surface area contributed by atoms with Gasteiger partial charge < -0.3 is 19.7 Å². The highest BCUT2D eigenvalue weighted by Crippen LogP contribution is 2.09. The van der Waals surface area contributed by atoms with Crippen molar-refractivity contribution in [1.82, 2.24) is 0 Å². The second kappa shape index (κ2) is 9.27. The summed E-state index contributed by atoms with van der Waals surface area (Å²) in [4.78, 5) is 66.5. The van der Waals surface area contributed by atoms with Gasteiger partial charge in [-0.3, -0.25) is 0 Å². The number of benzene rings is 1. The van der Waals surface area contributed by atoms with Crippen LogP contribution in [0, 0.1) is 0 Å². The lowest BCUT2D eigenvalue weighted by atomic mass is 10.1. The van der Waals surface area contributed by atoms with Gasteiger partial charge in [0.15, 0.2) is 0 Å². The maximum absolute atomic E-state index is 11.8. The van der Waals surface area contributed by atoms with E-state index in [1.54, 1.807) is 0 Å². The molecule has 0 spiro atoms. The monoisotopic (exact) mass is 362 g/mol. The van der Waals surface area contributed by atoms with Crippen molar-refractivity contribution in [2.75, 3.05) is 0 Å². The largest absolute Gasteiger partial charge is 0.478 e. The van der Waals surface area contributed by atoms with Crippen molar-refractivity contribution < 1.29 is 48.5 Å². The molecule has 1 aromatic rings. The lowest BCUT2D eigenvalue weighted by molar-refractivity contribution is -0.134. The van der Waals surface area contributed by atoms with Crippen LogP contribution in [0.25, 0.3) is 0 Å². The summed E-state index contributed by atoms with van der Waals surface area (Å²) in [6.45, 7) is 0. The third-order valence-corrected chi connectivity index (χ3v) is 2.44. The summed E-state index contributed by atoms with van der Waals surface area (Å²) in [6, 6.07) is 4.59. The van der Waals surface area contributed by atoms with Crippen LogP contribution in [0.5, 0.6) is 0 Å². The first-order valence-corrected chi connectivity index (χ1v) is 6.63. The smallest absolute Gasteiger partial charge is 0.346 e. The summed E-state index contributed by atoms with van der Waals surface area (Å²) in [6.07, 6.45) is 1.98. The highest BCUT2D eigenvalue weighted by Gasteiger charge is 2.16. The van der Waals surface area contributed by atoms with Crippen LogP contribution in [0.4, 0.5) is 0 Å². The molecular weight excluding hydrogens is 352 g/mol.